The number of fused-ring (bicyclic) bond motifs is 6. The van der Waals surface area contributed by atoms with Crippen LogP contribution in [0, 0.1) is 0 Å². The average molecular weight is 502 g/mol. The van der Waals surface area contributed by atoms with Crippen LogP contribution in [0.3, 0.4) is 0 Å². The van der Waals surface area contributed by atoms with Gasteiger partial charge in [-0.2, -0.15) is 0 Å². The van der Waals surface area contributed by atoms with E-state index in [1.54, 1.807) is 0 Å². The Balaban J connectivity index is 1.38. The highest BCUT2D eigenvalue weighted by molar-refractivity contribution is 6.14. The van der Waals surface area contributed by atoms with Gasteiger partial charge in [0.05, 0.1) is 11.1 Å². The number of para-hydroxylation sites is 3. The molecular formula is C36H23NO2. The Morgan fingerprint density at radius 3 is 1.74 bits per heavy atom. The maximum absolute atomic E-state index is 6.25. The van der Waals surface area contributed by atoms with Gasteiger partial charge >= 0.3 is 0 Å². The minimum absolute atomic E-state index is 0.875. The van der Waals surface area contributed by atoms with Crippen molar-refractivity contribution in [3.8, 4) is 11.1 Å². The van der Waals surface area contributed by atoms with Gasteiger partial charge in [0.1, 0.15) is 22.3 Å². The fourth-order valence-electron chi connectivity index (χ4n) is 5.77. The van der Waals surface area contributed by atoms with Crippen LogP contribution in [0.15, 0.2) is 148 Å². The van der Waals surface area contributed by atoms with Crippen LogP contribution >= 0.6 is 0 Å². The van der Waals surface area contributed by atoms with Crippen LogP contribution < -0.4 is 4.90 Å². The normalized spacial score (nSPS) is 11.6. The summed E-state index contributed by atoms with van der Waals surface area (Å²) in [5.74, 6) is 0. The molecule has 0 amide bonds. The fraction of sp³-hybridized carbons (Fsp3) is 0. The molecule has 0 aliphatic heterocycles. The molecule has 184 valence electrons. The van der Waals surface area contributed by atoms with Gasteiger partial charge in [-0.3, -0.25) is 0 Å². The van der Waals surface area contributed by atoms with Crippen molar-refractivity contribution in [1.82, 2.24) is 0 Å². The number of rotatable bonds is 4. The largest absolute Gasteiger partial charge is 0.456 e. The minimum atomic E-state index is 0.875. The van der Waals surface area contributed by atoms with Crippen molar-refractivity contribution in [1.29, 1.82) is 0 Å². The number of hydrogen-bond donors (Lipinski definition) is 0. The van der Waals surface area contributed by atoms with Gasteiger partial charge in [0, 0.05) is 27.5 Å². The average Bonchev–Trinajstić information content (AvgIpc) is 3.57. The molecule has 0 atom stereocenters. The molecule has 39 heavy (non-hydrogen) atoms. The SMILES string of the molecule is c1ccc(N(c2cccc(-c3cccc4oc5ccccc5c34)c2)c2cccc3oc4ccccc4c23)cc1. The van der Waals surface area contributed by atoms with E-state index >= 15 is 0 Å². The molecule has 0 aliphatic rings. The fourth-order valence-corrected chi connectivity index (χ4v) is 5.77. The Labute approximate surface area is 225 Å². The standard InChI is InChI=1S/C36H23NO2/c1-2-12-25(13-3-1)37(30-18-10-22-34-36(30)29-16-5-7-20-32(29)39-34)26-14-8-11-24(23-26)27-17-9-21-33-35(27)28-15-4-6-19-31(28)38-33/h1-23H. The molecule has 0 spiro atoms. The third kappa shape index (κ3) is 3.44. The van der Waals surface area contributed by atoms with Crippen molar-refractivity contribution < 1.29 is 8.83 Å². The van der Waals surface area contributed by atoms with E-state index in [0.29, 0.717) is 0 Å². The van der Waals surface area contributed by atoms with E-state index in [0.717, 1.165) is 72.1 Å². The predicted molar refractivity (Wildman–Crippen MR) is 161 cm³/mol. The van der Waals surface area contributed by atoms with Crippen molar-refractivity contribution >= 4 is 60.9 Å². The molecule has 6 aromatic carbocycles. The van der Waals surface area contributed by atoms with Gasteiger partial charge in [-0.25, -0.2) is 0 Å². The van der Waals surface area contributed by atoms with Gasteiger partial charge in [0.2, 0.25) is 0 Å². The van der Waals surface area contributed by atoms with E-state index in [-0.39, 0.29) is 0 Å². The molecule has 8 rings (SSSR count). The van der Waals surface area contributed by atoms with E-state index in [9.17, 15) is 0 Å². The molecule has 0 saturated carbocycles. The zero-order chi connectivity index (χ0) is 25.8. The third-order valence-electron chi connectivity index (χ3n) is 7.45. The third-order valence-corrected chi connectivity index (χ3v) is 7.45. The topological polar surface area (TPSA) is 29.5 Å². The molecule has 0 fully saturated rings. The number of hydrogen-bond acceptors (Lipinski definition) is 3. The summed E-state index contributed by atoms with van der Waals surface area (Å²) >= 11 is 0. The maximum Gasteiger partial charge on any atom is 0.137 e. The summed E-state index contributed by atoms with van der Waals surface area (Å²) in [5, 5.41) is 4.47. The number of anilines is 3. The van der Waals surface area contributed by atoms with Gasteiger partial charge in [-0.05, 0) is 65.7 Å². The molecular weight excluding hydrogens is 478 g/mol. The molecule has 2 aromatic heterocycles. The second kappa shape index (κ2) is 8.64. The van der Waals surface area contributed by atoms with E-state index in [2.05, 4.69) is 108 Å². The summed E-state index contributed by atoms with van der Waals surface area (Å²) in [7, 11) is 0. The van der Waals surface area contributed by atoms with Crippen LogP contribution in [0.4, 0.5) is 17.1 Å². The number of benzene rings is 6. The first kappa shape index (κ1) is 21.8. The van der Waals surface area contributed by atoms with Crippen molar-refractivity contribution in [3.05, 3.63) is 140 Å². The Kier molecular flexibility index (Phi) is 4.82. The van der Waals surface area contributed by atoms with E-state index in [4.69, 9.17) is 8.83 Å². The van der Waals surface area contributed by atoms with Crippen LogP contribution in [-0.2, 0) is 0 Å². The minimum Gasteiger partial charge on any atom is -0.456 e. The van der Waals surface area contributed by atoms with Gasteiger partial charge in [0.25, 0.3) is 0 Å². The second-order valence-electron chi connectivity index (χ2n) is 9.75. The van der Waals surface area contributed by atoms with Gasteiger partial charge in [-0.1, -0.05) is 84.9 Å². The first-order valence-corrected chi connectivity index (χ1v) is 13.1. The molecule has 8 aromatic rings. The van der Waals surface area contributed by atoms with Crippen LogP contribution in [0.1, 0.15) is 0 Å². The Hall–Kier alpha value is -5.28. The Bertz CT molecular complexity index is 2140. The van der Waals surface area contributed by atoms with Crippen LogP contribution in [0.5, 0.6) is 0 Å². The summed E-state index contributed by atoms with van der Waals surface area (Å²) < 4.78 is 12.4. The molecule has 0 aliphatic carbocycles. The van der Waals surface area contributed by atoms with Gasteiger partial charge < -0.3 is 13.7 Å². The first-order valence-electron chi connectivity index (χ1n) is 13.1. The van der Waals surface area contributed by atoms with Crippen molar-refractivity contribution in [2.45, 2.75) is 0 Å². The number of nitrogens with zero attached hydrogens (tertiary/aromatic N) is 1. The molecule has 0 N–H and O–H groups in total. The van der Waals surface area contributed by atoms with Crippen LogP contribution in [-0.4, -0.2) is 0 Å². The summed E-state index contributed by atoms with van der Waals surface area (Å²) in [5.41, 5.74) is 9.08. The lowest BCUT2D eigenvalue weighted by molar-refractivity contribution is 0.668. The molecule has 3 nitrogen and oxygen atoms in total. The highest BCUT2D eigenvalue weighted by Gasteiger charge is 2.20. The van der Waals surface area contributed by atoms with Crippen molar-refractivity contribution in [2.24, 2.45) is 0 Å². The lowest BCUT2D eigenvalue weighted by Gasteiger charge is -2.26. The van der Waals surface area contributed by atoms with E-state index < -0.39 is 0 Å². The molecule has 0 unspecified atom stereocenters. The monoisotopic (exact) mass is 501 g/mol. The highest BCUT2D eigenvalue weighted by Crippen LogP contribution is 2.44. The molecule has 0 bridgehead atoms. The maximum atomic E-state index is 6.25. The molecule has 0 saturated heterocycles. The quantitative estimate of drug-likeness (QED) is 0.240. The summed E-state index contributed by atoms with van der Waals surface area (Å²) in [6, 6.07) is 48.3. The summed E-state index contributed by atoms with van der Waals surface area (Å²) in [6.45, 7) is 0. The Morgan fingerprint density at radius 2 is 0.974 bits per heavy atom. The van der Waals surface area contributed by atoms with E-state index in [1.165, 1.54) is 0 Å². The summed E-state index contributed by atoms with van der Waals surface area (Å²) in [6.07, 6.45) is 0. The predicted octanol–water partition coefficient (Wildman–Crippen LogP) is 10.6. The van der Waals surface area contributed by atoms with Crippen molar-refractivity contribution in [2.75, 3.05) is 4.90 Å². The van der Waals surface area contributed by atoms with Gasteiger partial charge in [-0.15, -0.1) is 0 Å². The molecule has 3 heteroatoms. The van der Waals surface area contributed by atoms with E-state index in [1.807, 2.05) is 36.4 Å². The molecule has 2 heterocycles. The second-order valence-corrected chi connectivity index (χ2v) is 9.75. The molecule has 0 radical (unpaired) electrons. The zero-order valence-corrected chi connectivity index (χ0v) is 21.0. The van der Waals surface area contributed by atoms with Crippen LogP contribution in [0.2, 0.25) is 0 Å². The van der Waals surface area contributed by atoms with Crippen LogP contribution in [0.25, 0.3) is 55.0 Å². The lowest BCUT2D eigenvalue weighted by Crippen LogP contribution is -2.10. The Morgan fingerprint density at radius 1 is 0.410 bits per heavy atom. The van der Waals surface area contributed by atoms with Crippen molar-refractivity contribution in [3.63, 3.8) is 0 Å². The number of furan rings is 2. The summed E-state index contributed by atoms with van der Waals surface area (Å²) in [4.78, 5) is 2.32. The first-order chi connectivity index (χ1) is 19.3. The zero-order valence-electron chi connectivity index (χ0n) is 21.0. The lowest BCUT2D eigenvalue weighted by atomic mass is 9.98. The van der Waals surface area contributed by atoms with Gasteiger partial charge in [0.15, 0.2) is 0 Å². The highest BCUT2D eigenvalue weighted by atomic mass is 16.3. The smallest absolute Gasteiger partial charge is 0.137 e.